The number of aromatic nitrogens is 1. The zero-order valence-corrected chi connectivity index (χ0v) is 15.3. The average Bonchev–Trinajstić information content (AvgIpc) is 2.89. The highest BCUT2D eigenvalue weighted by atomic mass is 32.1. The van der Waals surface area contributed by atoms with Crippen molar-refractivity contribution in [3.05, 3.63) is 22.2 Å². The van der Waals surface area contributed by atoms with Crippen molar-refractivity contribution in [2.45, 2.75) is 50.1 Å². The van der Waals surface area contributed by atoms with Gasteiger partial charge in [0.05, 0.1) is 11.3 Å². The van der Waals surface area contributed by atoms with Crippen LogP contribution in [0.1, 0.15) is 59.5 Å². The van der Waals surface area contributed by atoms with Gasteiger partial charge in [-0.1, -0.05) is 0 Å². The van der Waals surface area contributed by atoms with Gasteiger partial charge in [-0.25, -0.2) is 9.78 Å². The van der Waals surface area contributed by atoms with Crippen LogP contribution in [0.15, 0.2) is 6.07 Å². The molecule has 2 aromatic rings. The molecule has 0 amide bonds. The molecule has 8 heteroatoms. The zero-order chi connectivity index (χ0) is 19.1. The SMILES string of the molecule is Nc1c(C(=O)O)sc2nc(C34CC5CC(CC(C5)C3)C4)cc(C(F)(F)F)c12. The number of nitrogens with two attached hydrogens (primary N) is 1. The van der Waals surface area contributed by atoms with Gasteiger partial charge in [0.1, 0.15) is 9.71 Å². The summed E-state index contributed by atoms with van der Waals surface area (Å²) < 4.78 is 41.5. The summed E-state index contributed by atoms with van der Waals surface area (Å²) in [6.07, 6.45) is 1.61. The van der Waals surface area contributed by atoms with E-state index in [4.69, 9.17) is 5.73 Å². The molecule has 2 aromatic heterocycles. The number of pyridine rings is 1. The number of fused-ring (bicyclic) bond motifs is 1. The maximum absolute atomic E-state index is 13.8. The van der Waals surface area contributed by atoms with Gasteiger partial charge in [-0.05, 0) is 62.3 Å². The van der Waals surface area contributed by atoms with Gasteiger partial charge in [-0.3, -0.25) is 0 Å². The Morgan fingerprint density at radius 1 is 1.19 bits per heavy atom. The second kappa shape index (κ2) is 5.37. The van der Waals surface area contributed by atoms with Gasteiger partial charge in [-0.2, -0.15) is 13.2 Å². The van der Waals surface area contributed by atoms with Crippen LogP contribution < -0.4 is 5.73 Å². The van der Waals surface area contributed by atoms with Crippen LogP contribution in [0.4, 0.5) is 18.9 Å². The number of alkyl halides is 3. The van der Waals surface area contributed by atoms with Gasteiger partial charge in [0.2, 0.25) is 0 Å². The average molecular weight is 396 g/mol. The highest BCUT2D eigenvalue weighted by molar-refractivity contribution is 7.21. The highest BCUT2D eigenvalue weighted by Gasteiger charge is 2.53. The molecule has 4 aliphatic rings. The van der Waals surface area contributed by atoms with E-state index in [-0.39, 0.29) is 26.2 Å². The van der Waals surface area contributed by atoms with E-state index in [1.165, 1.54) is 19.3 Å². The van der Waals surface area contributed by atoms with E-state index in [9.17, 15) is 23.1 Å². The van der Waals surface area contributed by atoms with Gasteiger partial charge in [0.25, 0.3) is 0 Å². The maximum atomic E-state index is 13.8. The van der Waals surface area contributed by atoms with Gasteiger partial charge in [0.15, 0.2) is 0 Å². The van der Waals surface area contributed by atoms with Crippen molar-refractivity contribution in [2.75, 3.05) is 5.73 Å². The Balaban J connectivity index is 1.73. The quantitative estimate of drug-likeness (QED) is 0.744. The molecule has 0 aliphatic heterocycles. The molecule has 0 aromatic carbocycles. The lowest BCUT2D eigenvalue weighted by molar-refractivity contribution is -0.136. The van der Waals surface area contributed by atoms with Crippen LogP contribution in [0.3, 0.4) is 0 Å². The lowest BCUT2D eigenvalue weighted by Gasteiger charge is -2.56. The van der Waals surface area contributed by atoms with Gasteiger partial charge in [0, 0.05) is 16.5 Å². The van der Waals surface area contributed by atoms with Crippen LogP contribution in [0.5, 0.6) is 0 Å². The van der Waals surface area contributed by atoms with E-state index in [0.717, 1.165) is 36.7 Å². The number of nitrogen functional groups attached to an aromatic ring is 1. The number of nitrogens with zero attached hydrogens (tertiary/aromatic N) is 1. The van der Waals surface area contributed by atoms with Crippen molar-refractivity contribution in [3.63, 3.8) is 0 Å². The summed E-state index contributed by atoms with van der Waals surface area (Å²) in [6, 6.07) is 1.16. The molecule has 0 unspecified atom stereocenters. The molecule has 4 saturated carbocycles. The van der Waals surface area contributed by atoms with Gasteiger partial charge in [-0.15, -0.1) is 11.3 Å². The summed E-state index contributed by atoms with van der Waals surface area (Å²) in [5, 5.41) is 9.02. The standard InChI is InChI=1S/C19H19F3N2O2S/c20-19(21,22)11-4-12(24-16-13(11)14(23)15(27-16)17(25)26)18-5-8-1-9(6-18)3-10(2-8)7-18/h4,8-10H,1-3,5-7,23H2,(H,25,26). The molecule has 27 heavy (non-hydrogen) atoms. The maximum Gasteiger partial charge on any atom is 0.417 e. The monoisotopic (exact) mass is 396 g/mol. The number of anilines is 1. The number of rotatable bonds is 2. The first kappa shape index (κ1) is 17.3. The summed E-state index contributed by atoms with van der Waals surface area (Å²) >= 11 is 0.745. The number of halogens is 3. The Morgan fingerprint density at radius 2 is 1.74 bits per heavy atom. The van der Waals surface area contributed by atoms with Crippen LogP contribution in [-0.4, -0.2) is 16.1 Å². The fourth-order valence-electron chi connectivity index (χ4n) is 6.20. The lowest BCUT2D eigenvalue weighted by Crippen LogP contribution is -2.49. The number of carboxylic acid groups (broad SMARTS) is 1. The van der Waals surface area contributed by atoms with E-state index in [0.29, 0.717) is 23.4 Å². The molecule has 144 valence electrons. The van der Waals surface area contributed by atoms with Crippen molar-refractivity contribution in [3.8, 4) is 0 Å². The second-order valence-electron chi connectivity index (χ2n) is 8.58. The largest absolute Gasteiger partial charge is 0.477 e. The van der Waals surface area contributed by atoms with E-state index >= 15 is 0 Å². The topological polar surface area (TPSA) is 76.2 Å². The Bertz CT molecular complexity index is 931. The van der Waals surface area contributed by atoms with Crippen LogP contribution in [0.25, 0.3) is 10.2 Å². The Hall–Kier alpha value is -1.83. The molecule has 6 rings (SSSR count). The summed E-state index contributed by atoms with van der Waals surface area (Å²) in [7, 11) is 0. The van der Waals surface area contributed by atoms with Crippen LogP contribution in [0, 0.1) is 17.8 Å². The Morgan fingerprint density at radius 3 is 2.22 bits per heavy atom. The summed E-state index contributed by atoms with van der Waals surface area (Å²) in [6.45, 7) is 0. The molecule has 3 N–H and O–H groups in total. The first-order valence-electron chi connectivity index (χ1n) is 9.20. The number of thiophene rings is 1. The zero-order valence-electron chi connectivity index (χ0n) is 14.5. The molecule has 0 saturated heterocycles. The van der Waals surface area contributed by atoms with E-state index in [1.54, 1.807) is 0 Å². The number of hydrogen-bond donors (Lipinski definition) is 2. The van der Waals surface area contributed by atoms with Crippen molar-refractivity contribution < 1.29 is 23.1 Å². The predicted octanol–water partition coefficient (Wildman–Crippen LogP) is 5.06. The molecule has 0 radical (unpaired) electrons. The van der Waals surface area contributed by atoms with Crippen molar-refractivity contribution >= 4 is 33.2 Å². The Kier molecular flexibility index (Phi) is 3.44. The van der Waals surface area contributed by atoms with E-state index < -0.39 is 17.7 Å². The van der Waals surface area contributed by atoms with Crippen molar-refractivity contribution in [2.24, 2.45) is 17.8 Å². The summed E-state index contributed by atoms with van der Waals surface area (Å²) in [5.74, 6) is 0.406. The minimum atomic E-state index is -4.61. The molecule has 4 aliphatic carbocycles. The molecule has 2 heterocycles. The minimum absolute atomic E-state index is 0.0884. The smallest absolute Gasteiger partial charge is 0.417 e. The Labute approximate surface area is 157 Å². The molecular weight excluding hydrogens is 377 g/mol. The molecule has 4 fully saturated rings. The number of carboxylic acids is 1. The predicted molar refractivity (Wildman–Crippen MR) is 95.8 cm³/mol. The van der Waals surface area contributed by atoms with E-state index in [1.807, 2.05) is 0 Å². The number of hydrogen-bond acceptors (Lipinski definition) is 4. The van der Waals surface area contributed by atoms with Crippen LogP contribution in [0.2, 0.25) is 0 Å². The second-order valence-corrected chi connectivity index (χ2v) is 9.58. The molecule has 0 spiro atoms. The van der Waals surface area contributed by atoms with Crippen LogP contribution in [-0.2, 0) is 11.6 Å². The lowest BCUT2D eigenvalue weighted by atomic mass is 9.48. The highest BCUT2D eigenvalue weighted by Crippen LogP contribution is 2.61. The first-order chi connectivity index (χ1) is 12.7. The summed E-state index contributed by atoms with van der Waals surface area (Å²) in [5.41, 5.74) is 4.79. The van der Waals surface area contributed by atoms with E-state index in [2.05, 4.69) is 4.98 Å². The third kappa shape index (κ3) is 2.48. The minimum Gasteiger partial charge on any atom is -0.477 e. The summed E-state index contributed by atoms with van der Waals surface area (Å²) in [4.78, 5) is 15.8. The fourth-order valence-corrected chi connectivity index (χ4v) is 7.16. The van der Waals surface area contributed by atoms with Gasteiger partial charge >= 0.3 is 12.1 Å². The number of aromatic carboxylic acids is 1. The number of carbonyl (C=O) groups is 1. The van der Waals surface area contributed by atoms with Crippen molar-refractivity contribution in [1.82, 2.24) is 4.98 Å². The van der Waals surface area contributed by atoms with Crippen LogP contribution >= 0.6 is 11.3 Å². The molecule has 4 nitrogen and oxygen atoms in total. The third-order valence-electron chi connectivity index (χ3n) is 6.78. The molecular formula is C19H19F3N2O2S. The first-order valence-corrected chi connectivity index (χ1v) is 10.0. The third-order valence-corrected chi connectivity index (χ3v) is 7.87. The molecule has 4 bridgehead atoms. The van der Waals surface area contributed by atoms with Crippen molar-refractivity contribution in [1.29, 1.82) is 0 Å². The normalized spacial score (nSPS) is 32.3. The van der Waals surface area contributed by atoms with Gasteiger partial charge < -0.3 is 10.8 Å². The fraction of sp³-hybridized carbons (Fsp3) is 0.579. The molecule has 0 atom stereocenters.